The molecule has 2 rings (SSSR count). The number of nitrogens with one attached hydrogen (secondary N) is 1. The van der Waals surface area contributed by atoms with Crippen molar-refractivity contribution in [3.63, 3.8) is 0 Å². The summed E-state index contributed by atoms with van der Waals surface area (Å²) in [4.78, 5) is 10.7. The van der Waals surface area contributed by atoms with E-state index in [-0.39, 0.29) is 5.97 Å². The molecule has 126 valence electrons. The molecule has 0 aliphatic heterocycles. The van der Waals surface area contributed by atoms with Crippen LogP contribution in [0.2, 0.25) is 0 Å². The van der Waals surface area contributed by atoms with Gasteiger partial charge >= 0.3 is 5.97 Å². The van der Waals surface area contributed by atoms with Crippen LogP contribution in [0.4, 0.5) is 5.69 Å². The highest BCUT2D eigenvalue weighted by atomic mass is 16.5. The minimum Gasteiger partial charge on any atom is -0.462 e. The third kappa shape index (κ3) is 6.55. The zero-order chi connectivity index (χ0) is 17.7. The van der Waals surface area contributed by atoms with Crippen LogP contribution in [0.25, 0.3) is 16.8 Å². The summed E-state index contributed by atoms with van der Waals surface area (Å²) in [5.41, 5.74) is 2.22. The summed E-state index contributed by atoms with van der Waals surface area (Å²) in [7, 11) is 1.91. The molecule has 3 heteroatoms. The lowest BCUT2D eigenvalue weighted by atomic mass is 10.0. The third-order valence-corrected chi connectivity index (χ3v) is 2.91. The Morgan fingerprint density at radius 3 is 2.22 bits per heavy atom. The third-order valence-electron chi connectivity index (χ3n) is 2.91. The molecule has 23 heavy (non-hydrogen) atoms. The van der Waals surface area contributed by atoms with Gasteiger partial charge in [-0.3, -0.25) is 4.79 Å². The molecule has 0 aromatic heterocycles. The predicted octanol–water partition coefficient (Wildman–Crippen LogP) is 5.51. The van der Waals surface area contributed by atoms with Crippen molar-refractivity contribution in [3.8, 4) is 0 Å². The second-order valence-electron chi connectivity index (χ2n) is 4.20. The lowest BCUT2D eigenvalue weighted by Crippen LogP contribution is -1.97. The van der Waals surface area contributed by atoms with Gasteiger partial charge in [-0.05, 0) is 23.1 Å². The van der Waals surface area contributed by atoms with E-state index in [2.05, 4.69) is 23.5 Å². The number of anilines is 1. The fourth-order valence-corrected chi connectivity index (χ4v) is 2.03. The van der Waals surface area contributed by atoms with Crippen molar-refractivity contribution in [2.24, 2.45) is 0 Å². The Morgan fingerprint density at radius 1 is 1.04 bits per heavy atom. The van der Waals surface area contributed by atoms with Crippen LogP contribution in [0.15, 0.2) is 42.5 Å². The van der Waals surface area contributed by atoms with E-state index in [1.54, 1.807) is 0 Å². The molecule has 0 amide bonds. The first-order valence-electron chi connectivity index (χ1n) is 8.22. The van der Waals surface area contributed by atoms with Gasteiger partial charge in [-0.2, -0.15) is 0 Å². The second kappa shape index (κ2) is 12.3. The molecule has 2 aromatic carbocycles. The van der Waals surface area contributed by atoms with Crippen LogP contribution in [0.3, 0.4) is 0 Å². The van der Waals surface area contributed by atoms with Gasteiger partial charge in [0.15, 0.2) is 0 Å². The SMILES string of the molecule is CC.CC.CNc1ccc(/C=C/COC(C)=O)c2ccccc12. The smallest absolute Gasteiger partial charge is 0.302 e. The van der Waals surface area contributed by atoms with Gasteiger partial charge in [-0.25, -0.2) is 0 Å². The van der Waals surface area contributed by atoms with Crippen molar-refractivity contribution < 1.29 is 9.53 Å². The number of fused-ring (bicyclic) bond motifs is 1. The Bertz CT molecular complexity index is 618. The monoisotopic (exact) mass is 315 g/mol. The Kier molecular flexibility index (Phi) is 11.1. The molecule has 3 nitrogen and oxygen atoms in total. The molecule has 0 atom stereocenters. The largest absolute Gasteiger partial charge is 0.462 e. The number of hydrogen-bond donors (Lipinski definition) is 1. The van der Waals surface area contributed by atoms with E-state index < -0.39 is 0 Å². The maximum absolute atomic E-state index is 10.7. The van der Waals surface area contributed by atoms with Gasteiger partial charge < -0.3 is 10.1 Å². The van der Waals surface area contributed by atoms with Gasteiger partial charge in [0.1, 0.15) is 6.61 Å². The topological polar surface area (TPSA) is 38.3 Å². The summed E-state index contributed by atoms with van der Waals surface area (Å²) in [6, 6.07) is 12.3. The molecule has 1 N–H and O–H groups in total. The standard InChI is InChI=1S/C16H17NO2.2C2H6/c1-12(18)19-11-5-6-13-9-10-16(17-2)15-8-4-3-7-14(13)15;2*1-2/h3-10,17H,11H2,1-2H3;2*1-2H3/b6-5+;;. The van der Waals surface area contributed by atoms with Crippen LogP contribution >= 0.6 is 0 Å². The summed E-state index contributed by atoms with van der Waals surface area (Å²) in [6.07, 6.45) is 3.83. The normalized spacial score (nSPS) is 9.48. The number of carbonyl (C=O) groups is 1. The van der Waals surface area contributed by atoms with E-state index in [1.165, 1.54) is 17.7 Å². The van der Waals surface area contributed by atoms with Gasteiger partial charge in [0, 0.05) is 25.0 Å². The molecule has 0 radical (unpaired) electrons. The number of ether oxygens (including phenoxy) is 1. The number of rotatable bonds is 4. The molecule has 0 aliphatic rings. The van der Waals surface area contributed by atoms with Crippen LogP contribution in [0, 0.1) is 0 Å². The minimum absolute atomic E-state index is 0.264. The molecular formula is C20H29NO2. The Labute approximate surface area is 140 Å². The Hall–Kier alpha value is -2.29. The molecule has 2 aromatic rings. The molecule has 0 bridgehead atoms. The molecule has 0 saturated carbocycles. The first-order chi connectivity index (χ1) is 11.2. The van der Waals surface area contributed by atoms with Crippen molar-refractivity contribution in [3.05, 3.63) is 48.0 Å². The molecule has 0 saturated heterocycles. The first-order valence-corrected chi connectivity index (χ1v) is 8.22. The molecule has 0 aliphatic carbocycles. The number of hydrogen-bond acceptors (Lipinski definition) is 3. The average Bonchev–Trinajstić information content (AvgIpc) is 2.62. The fraction of sp³-hybridized carbons (Fsp3) is 0.350. The van der Waals surface area contributed by atoms with Crippen molar-refractivity contribution in [2.75, 3.05) is 19.0 Å². The van der Waals surface area contributed by atoms with Crippen molar-refractivity contribution in [2.45, 2.75) is 34.6 Å². The van der Waals surface area contributed by atoms with E-state index in [4.69, 9.17) is 4.74 Å². The van der Waals surface area contributed by atoms with Crippen LogP contribution in [0.5, 0.6) is 0 Å². The van der Waals surface area contributed by atoms with Crippen LogP contribution in [0.1, 0.15) is 40.2 Å². The zero-order valence-corrected chi connectivity index (χ0v) is 15.1. The van der Waals surface area contributed by atoms with Gasteiger partial charge in [-0.1, -0.05) is 64.1 Å². The van der Waals surface area contributed by atoms with Crippen LogP contribution in [-0.2, 0) is 9.53 Å². The molecule has 0 heterocycles. The van der Waals surface area contributed by atoms with E-state index in [0.717, 1.165) is 11.3 Å². The highest BCUT2D eigenvalue weighted by Crippen LogP contribution is 2.27. The predicted molar refractivity (Wildman–Crippen MR) is 102 cm³/mol. The maximum Gasteiger partial charge on any atom is 0.302 e. The summed E-state index contributed by atoms with van der Waals surface area (Å²) >= 11 is 0. The molecule has 0 spiro atoms. The molecule has 0 unspecified atom stereocenters. The minimum atomic E-state index is -0.264. The van der Waals surface area contributed by atoms with Crippen molar-refractivity contribution in [1.29, 1.82) is 0 Å². The van der Waals surface area contributed by atoms with E-state index >= 15 is 0 Å². The van der Waals surface area contributed by atoms with E-state index in [9.17, 15) is 4.79 Å². The number of benzene rings is 2. The number of esters is 1. The second-order valence-corrected chi connectivity index (χ2v) is 4.20. The summed E-state index contributed by atoms with van der Waals surface area (Å²) in [6.45, 7) is 9.71. The Morgan fingerprint density at radius 2 is 1.65 bits per heavy atom. The summed E-state index contributed by atoms with van der Waals surface area (Å²) in [5, 5.41) is 5.54. The van der Waals surface area contributed by atoms with Gasteiger partial charge in [0.2, 0.25) is 0 Å². The maximum atomic E-state index is 10.7. The fourth-order valence-electron chi connectivity index (χ4n) is 2.03. The van der Waals surface area contributed by atoms with Crippen LogP contribution in [-0.4, -0.2) is 19.6 Å². The quantitative estimate of drug-likeness (QED) is 0.756. The number of carbonyl (C=O) groups excluding carboxylic acids is 1. The Balaban J connectivity index is 0.00000112. The summed E-state index contributed by atoms with van der Waals surface area (Å²) < 4.78 is 4.88. The van der Waals surface area contributed by atoms with Gasteiger partial charge in [0.25, 0.3) is 0 Å². The van der Waals surface area contributed by atoms with E-state index in [1.807, 2.05) is 65.1 Å². The lowest BCUT2D eigenvalue weighted by Gasteiger charge is -2.08. The average molecular weight is 315 g/mol. The highest BCUT2D eigenvalue weighted by molar-refractivity contribution is 5.99. The van der Waals surface area contributed by atoms with Crippen molar-refractivity contribution in [1.82, 2.24) is 0 Å². The van der Waals surface area contributed by atoms with Crippen molar-refractivity contribution >= 4 is 28.5 Å². The lowest BCUT2D eigenvalue weighted by molar-refractivity contribution is -0.139. The van der Waals surface area contributed by atoms with E-state index in [0.29, 0.717) is 6.61 Å². The highest BCUT2D eigenvalue weighted by Gasteiger charge is 2.02. The van der Waals surface area contributed by atoms with Gasteiger partial charge in [0.05, 0.1) is 0 Å². The molecule has 0 fully saturated rings. The molecular weight excluding hydrogens is 286 g/mol. The van der Waals surface area contributed by atoms with Gasteiger partial charge in [-0.15, -0.1) is 0 Å². The first kappa shape index (κ1) is 20.7. The summed E-state index contributed by atoms with van der Waals surface area (Å²) in [5.74, 6) is -0.264. The van der Waals surface area contributed by atoms with Crippen LogP contribution < -0.4 is 5.32 Å². The zero-order valence-electron chi connectivity index (χ0n) is 15.1.